The predicted molar refractivity (Wildman–Crippen MR) is 42.2 cm³/mol. The molecule has 0 fully saturated rings. The van der Waals surface area contributed by atoms with Crippen LogP contribution in [0.1, 0.15) is 27.7 Å². The van der Waals surface area contributed by atoms with Crippen LogP contribution in [0.2, 0.25) is 0 Å². The van der Waals surface area contributed by atoms with Crippen LogP contribution in [0.25, 0.3) is 0 Å². The molecule has 0 N–H and O–H groups in total. The van der Waals surface area contributed by atoms with Crippen LogP contribution < -0.4 is 0 Å². The molecular weight excluding hydrogens is 144 g/mol. The fraction of sp³-hybridized carbons (Fsp3) is 0.750. The van der Waals surface area contributed by atoms with Crippen molar-refractivity contribution in [1.29, 1.82) is 0 Å². The average Bonchev–Trinajstić information content (AvgIpc) is 1.79. The molecule has 0 aromatic rings. The highest BCUT2D eigenvalue weighted by molar-refractivity contribution is 5.60. The van der Waals surface area contributed by atoms with E-state index in [0.29, 0.717) is 6.61 Å². The van der Waals surface area contributed by atoms with Crippen molar-refractivity contribution in [1.82, 2.24) is 0 Å². The van der Waals surface area contributed by atoms with Gasteiger partial charge in [0.15, 0.2) is 0 Å². The molecule has 0 saturated heterocycles. The van der Waals surface area contributed by atoms with E-state index in [0.717, 1.165) is 0 Å². The zero-order valence-electron chi connectivity index (χ0n) is 7.51. The molecule has 0 aliphatic rings. The molecule has 0 atom stereocenters. The van der Waals surface area contributed by atoms with E-state index >= 15 is 0 Å². The minimum atomic E-state index is -0.615. The van der Waals surface area contributed by atoms with Crippen molar-refractivity contribution in [3.8, 4) is 0 Å². The van der Waals surface area contributed by atoms with Gasteiger partial charge in [-0.3, -0.25) is 0 Å². The lowest BCUT2D eigenvalue weighted by molar-refractivity contribution is -0.00372. The number of carbonyl (C=O) groups is 1. The number of hydrogen-bond acceptors (Lipinski definition) is 3. The lowest BCUT2D eigenvalue weighted by Gasteiger charge is -2.18. The van der Waals surface area contributed by atoms with Gasteiger partial charge in [-0.25, -0.2) is 4.79 Å². The summed E-state index contributed by atoms with van der Waals surface area (Å²) in [7, 11) is 0. The Labute approximate surface area is 67.7 Å². The summed E-state index contributed by atoms with van der Waals surface area (Å²) in [6.45, 7) is 7.50. The summed E-state index contributed by atoms with van der Waals surface area (Å²) in [6, 6.07) is 0. The molecule has 3 nitrogen and oxygen atoms in total. The first-order valence-electron chi connectivity index (χ1n) is 3.59. The zero-order chi connectivity index (χ0) is 8.91. The molecular formula is C8H15O3. The second-order valence-electron chi connectivity index (χ2n) is 3.18. The smallest absolute Gasteiger partial charge is 0.434 e. The average molecular weight is 159 g/mol. The molecule has 0 aromatic carbocycles. The highest BCUT2D eigenvalue weighted by Crippen LogP contribution is 2.07. The third kappa shape index (κ3) is 7.16. The van der Waals surface area contributed by atoms with Crippen molar-refractivity contribution in [3.63, 3.8) is 0 Å². The predicted octanol–water partition coefficient (Wildman–Crippen LogP) is 2.16. The molecule has 11 heavy (non-hydrogen) atoms. The first-order valence-corrected chi connectivity index (χ1v) is 3.59. The fourth-order valence-electron chi connectivity index (χ4n) is 0.431. The maximum Gasteiger partial charge on any atom is 0.508 e. The Hall–Kier alpha value is -0.730. The van der Waals surface area contributed by atoms with Crippen LogP contribution in [0.15, 0.2) is 0 Å². The Morgan fingerprint density at radius 2 is 2.00 bits per heavy atom. The van der Waals surface area contributed by atoms with Crippen LogP contribution >= 0.6 is 0 Å². The number of carbonyl (C=O) groups excluding carboxylic acids is 1. The molecule has 0 heterocycles. The molecule has 0 spiro atoms. The molecule has 0 amide bonds. The standard InChI is InChI=1S/C8H15O3/c1-5-6-10-7(9)11-8(2,3)4/h5H,6H2,1-4H3. The highest BCUT2D eigenvalue weighted by Gasteiger charge is 2.16. The Morgan fingerprint density at radius 1 is 1.45 bits per heavy atom. The summed E-state index contributed by atoms with van der Waals surface area (Å²) in [5.41, 5.74) is -0.467. The summed E-state index contributed by atoms with van der Waals surface area (Å²) >= 11 is 0. The minimum absolute atomic E-state index is 0.301. The van der Waals surface area contributed by atoms with E-state index in [2.05, 4.69) is 4.74 Å². The van der Waals surface area contributed by atoms with E-state index in [-0.39, 0.29) is 0 Å². The van der Waals surface area contributed by atoms with Crippen LogP contribution in [-0.2, 0) is 9.47 Å². The second kappa shape index (κ2) is 4.21. The van der Waals surface area contributed by atoms with Crippen molar-refractivity contribution in [2.24, 2.45) is 0 Å². The van der Waals surface area contributed by atoms with Gasteiger partial charge >= 0.3 is 6.16 Å². The molecule has 1 radical (unpaired) electrons. The first kappa shape index (κ1) is 10.3. The van der Waals surface area contributed by atoms with Gasteiger partial charge in [0.2, 0.25) is 0 Å². The summed E-state index contributed by atoms with van der Waals surface area (Å²) in [4.78, 5) is 10.8. The quantitative estimate of drug-likeness (QED) is 0.579. The Bertz CT molecular complexity index is 124. The van der Waals surface area contributed by atoms with Crippen LogP contribution in [0.5, 0.6) is 0 Å². The molecule has 0 aliphatic carbocycles. The van der Waals surface area contributed by atoms with Crippen LogP contribution in [0, 0.1) is 6.42 Å². The molecule has 0 aromatic heterocycles. The number of hydrogen-bond donors (Lipinski definition) is 0. The van der Waals surface area contributed by atoms with Gasteiger partial charge in [0, 0.05) is 0 Å². The minimum Gasteiger partial charge on any atom is -0.434 e. The number of ether oxygens (including phenoxy) is 2. The van der Waals surface area contributed by atoms with Crippen molar-refractivity contribution in [2.75, 3.05) is 6.61 Å². The molecule has 0 rings (SSSR count). The maximum atomic E-state index is 10.8. The highest BCUT2D eigenvalue weighted by atomic mass is 16.7. The van der Waals surface area contributed by atoms with Crippen molar-refractivity contribution in [2.45, 2.75) is 33.3 Å². The summed E-state index contributed by atoms with van der Waals surface area (Å²) in [5.74, 6) is 0. The Morgan fingerprint density at radius 3 is 2.36 bits per heavy atom. The van der Waals surface area contributed by atoms with E-state index < -0.39 is 11.8 Å². The summed E-state index contributed by atoms with van der Waals surface area (Å²) in [6.07, 6.45) is 1.12. The van der Waals surface area contributed by atoms with Gasteiger partial charge in [-0.15, -0.1) is 0 Å². The van der Waals surface area contributed by atoms with E-state index in [4.69, 9.17) is 4.74 Å². The fourth-order valence-corrected chi connectivity index (χ4v) is 0.431. The van der Waals surface area contributed by atoms with Gasteiger partial charge in [0.1, 0.15) is 5.60 Å². The van der Waals surface area contributed by atoms with Crippen LogP contribution in [-0.4, -0.2) is 18.4 Å². The van der Waals surface area contributed by atoms with Crippen molar-refractivity contribution >= 4 is 6.16 Å². The number of rotatable bonds is 2. The van der Waals surface area contributed by atoms with Gasteiger partial charge < -0.3 is 9.47 Å². The third-order valence-corrected chi connectivity index (χ3v) is 0.757. The van der Waals surface area contributed by atoms with E-state index in [1.165, 1.54) is 0 Å². The Kier molecular flexibility index (Phi) is 3.93. The normalized spacial score (nSPS) is 10.9. The largest absolute Gasteiger partial charge is 0.508 e. The SMILES string of the molecule is C[CH]COC(=O)OC(C)(C)C. The first-order chi connectivity index (χ1) is 4.95. The summed E-state index contributed by atoms with van der Waals surface area (Å²) < 4.78 is 9.51. The lowest BCUT2D eigenvalue weighted by atomic mass is 10.2. The molecule has 0 aliphatic heterocycles. The van der Waals surface area contributed by atoms with Gasteiger partial charge in [-0.2, -0.15) is 0 Å². The van der Waals surface area contributed by atoms with Gasteiger partial charge in [0.25, 0.3) is 0 Å². The molecule has 0 bridgehead atoms. The van der Waals surface area contributed by atoms with Gasteiger partial charge in [-0.1, -0.05) is 6.92 Å². The third-order valence-electron chi connectivity index (χ3n) is 0.757. The zero-order valence-corrected chi connectivity index (χ0v) is 7.51. The van der Waals surface area contributed by atoms with Gasteiger partial charge in [-0.05, 0) is 27.2 Å². The van der Waals surface area contributed by atoms with E-state index in [1.807, 2.05) is 6.92 Å². The van der Waals surface area contributed by atoms with Crippen molar-refractivity contribution < 1.29 is 14.3 Å². The maximum absolute atomic E-state index is 10.8. The summed E-state index contributed by atoms with van der Waals surface area (Å²) in [5, 5.41) is 0. The monoisotopic (exact) mass is 159 g/mol. The molecule has 3 heteroatoms. The van der Waals surface area contributed by atoms with Crippen molar-refractivity contribution in [3.05, 3.63) is 6.42 Å². The Balaban J connectivity index is 3.53. The van der Waals surface area contributed by atoms with E-state index in [9.17, 15) is 4.79 Å². The van der Waals surface area contributed by atoms with Crippen LogP contribution in [0.4, 0.5) is 4.79 Å². The second-order valence-corrected chi connectivity index (χ2v) is 3.18. The topological polar surface area (TPSA) is 35.5 Å². The molecule has 65 valence electrons. The lowest BCUT2D eigenvalue weighted by Crippen LogP contribution is -2.24. The van der Waals surface area contributed by atoms with E-state index in [1.54, 1.807) is 27.2 Å². The van der Waals surface area contributed by atoms with Gasteiger partial charge in [0.05, 0.1) is 6.61 Å². The molecule has 0 unspecified atom stereocenters. The molecule has 0 saturated carbocycles. The van der Waals surface area contributed by atoms with Crippen LogP contribution in [0.3, 0.4) is 0 Å².